The van der Waals surface area contributed by atoms with Crippen molar-refractivity contribution < 1.29 is 24.4 Å². The third-order valence-corrected chi connectivity index (χ3v) is 3.26. The zero-order chi connectivity index (χ0) is 16.4. The SMILES string of the molecule is C=C1NC(=O)N[C@@H](c2cc([N+](=O)[O-])ccc2[O-])[C@H]1C(=O)OC. The lowest BCUT2D eigenvalue weighted by Crippen LogP contribution is -2.51. The number of amides is 2. The van der Waals surface area contributed by atoms with Crippen molar-refractivity contribution in [1.82, 2.24) is 10.6 Å². The summed E-state index contributed by atoms with van der Waals surface area (Å²) in [5.74, 6) is -2.34. The van der Waals surface area contributed by atoms with Gasteiger partial charge in [0.15, 0.2) is 0 Å². The number of nitro groups is 1. The zero-order valence-corrected chi connectivity index (χ0v) is 11.5. The van der Waals surface area contributed by atoms with Crippen LogP contribution in [0.25, 0.3) is 0 Å². The van der Waals surface area contributed by atoms with E-state index in [0.29, 0.717) is 0 Å². The fourth-order valence-corrected chi connectivity index (χ4v) is 2.24. The number of hydrogen-bond donors (Lipinski definition) is 2. The molecule has 0 saturated carbocycles. The van der Waals surface area contributed by atoms with Gasteiger partial charge in [0.05, 0.1) is 18.1 Å². The second-order valence-electron chi connectivity index (χ2n) is 4.58. The van der Waals surface area contributed by atoms with Gasteiger partial charge in [0.2, 0.25) is 0 Å². The Kier molecular flexibility index (Phi) is 3.97. The van der Waals surface area contributed by atoms with Gasteiger partial charge in [-0.25, -0.2) is 4.79 Å². The van der Waals surface area contributed by atoms with E-state index >= 15 is 0 Å². The summed E-state index contributed by atoms with van der Waals surface area (Å²) in [6.07, 6.45) is 0. The summed E-state index contributed by atoms with van der Waals surface area (Å²) in [5, 5.41) is 27.6. The molecule has 1 aromatic carbocycles. The van der Waals surface area contributed by atoms with Gasteiger partial charge in [-0.2, -0.15) is 0 Å². The maximum Gasteiger partial charge on any atom is 0.319 e. The number of esters is 1. The van der Waals surface area contributed by atoms with E-state index in [0.717, 1.165) is 25.3 Å². The molecule has 0 spiro atoms. The topological polar surface area (TPSA) is 134 Å². The molecule has 2 atom stereocenters. The Morgan fingerprint density at radius 1 is 1.45 bits per heavy atom. The number of benzene rings is 1. The molecule has 2 N–H and O–H groups in total. The van der Waals surface area contributed by atoms with Crippen molar-refractivity contribution in [3.63, 3.8) is 0 Å². The van der Waals surface area contributed by atoms with E-state index in [-0.39, 0.29) is 16.9 Å². The summed E-state index contributed by atoms with van der Waals surface area (Å²) < 4.78 is 4.64. The number of nitrogens with zero attached hydrogens (tertiary/aromatic N) is 1. The first-order chi connectivity index (χ1) is 10.3. The van der Waals surface area contributed by atoms with E-state index in [9.17, 15) is 24.8 Å². The maximum absolute atomic E-state index is 12.0. The minimum Gasteiger partial charge on any atom is -0.872 e. The van der Waals surface area contributed by atoms with Crippen molar-refractivity contribution in [2.45, 2.75) is 6.04 Å². The molecule has 0 unspecified atom stereocenters. The van der Waals surface area contributed by atoms with Crippen molar-refractivity contribution >= 4 is 17.7 Å². The van der Waals surface area contributed by atoms with E-state index in [1.807, 2.05) is 0 Å². The molecule has 1 heterocycles. The summed E-state index contributed by atoms with van der Waals surface area (Å²) >= 11 is 0. The van der Waals surface area contributed by atoms with Crippen LogP contribution in [0.3, 0.4) is 0 Å². The largest absolute Gasteiger partial charge is 0.872 e. The fraction of sp³-hybridized carbons (Fsp3) is 0.231. The fourth-order valence-electron chi connectivity index (χ4n) is 2.24. The van der Waals surface area contributed by atoms with Crippen LogP contribution in [0.4, 0.5) is 10.5 Å². The van der Waals surface area contributed by atoms with Crippen LogP contribution in [0.2, 0.25) is 0 Å². The third-order valence-electron chi connectivity index (χ3n) is 3.26. The lowest BCUT2D eigenvalue weighted by atomic mass is 9.88. The highest BCUT2D eigenvalue weighted by molar-refractivity contribution is 5.85. The van der Waals surface area contributed by atoms with Crippen molar-refractivity contribution in [2.24, 2.45) is 5.92 Å². The molecule has 1 saturated heterocycles. The summed E-state index contributed by atoms with van der Waals surface area (Å²) in [4.78, 5) is 33.6. The summed E-state index contributed by atoms with van der Waals surface area (Å²) in [6, 6.07) is 1.33. The second-order valence-corrected chi connectivity index (χ2v) is 4.58. The van der Waals surface area contributed by atoms with Gasteiger partial charge in [0.25, 0.3) is 5.69 Å². The average molecular weight is 306 g/mol. The Bertz CT molecular complexity index is 672. The van der Waals surface area contributed by atoms with Crippen LogP contribution in [0.15, 0.2) is 30.5 Å². The first kappa shape index (κ1) is 15.3. The molecule has 1 aliphatic heterocycles. The smallest absolute Gasteiger partial charge is 0.319 e. The Labute approximate surface area is 124 Å². The van der Waals surface area contributed by atoms with Crippen molar-refractivity contribution in [3.8, 4) is 5.75 Å². The van der Waals surface area contributed by atoms with Gasteiger partial charge in [-0.1, -0.05) is 12.6 Å². The average Bonchev–Trinajstić information content (AvgIpc) is 2.46. The Balaban J connectivity index is 2.52. The maximum atomic E-state index is 12.0. The lowest BCUT2D eigenvalue weighted by Gasteiger charge is -2.34. The van der Waals surface area contributed by atoms with Crippen LogP contribution in [0, 0.1) is 16.0 Å². The van der Waals surface area contributed by atoms with E-state index in [4.69, 9.17) is 0 Å². The van der Waals surface area contributed by atoms with E-state index in [2.05, 4.69) is 21.9 Å². The quantitative estimate of drug-likeness (QED) is 0.469. The highest BCUT2D eigenvalue weighted by Crippen LogP contribution is 2.35. The number of ether oxygens (including phenoxy) is 1. The summed E-state index contributed by atoms with van der Waals surface area (Å²) in [7, 11) is 1.15. The number of nitro benzene ring substituents is 1. The number of rotatable bonds is 3. The van der Waals surface area contributed by atoms with Gasteiger partial charge in [0, 0.05) is 17.8 Å². The number of methoxy groups -OCH3 is 1. The molecule has 1 aliphatic rings. The first-order valence-corrected chi connectivity index (χ1v) is 6.14. The molecule has 0 bridgehead atoms. The number of hydrogen-bond acceptors (Lipinski definition) is 6. The standard InChI is InChI=1S/C13H13N3O6/c1-6-10(12(18)22-2)11(15-13(19)14-6)8-5-7(16(20)21)3-4-9(8)17/h3-5,10-11,17H,1H2,2H3,(H2,14,15,19)/p-1/t10-,11-/m0/s1. The monoisotopic (exact) mass is 306 g/mol. The van der Waals surface area contributed by atoms with Gasteiger partial charge in [-0.15, -0.1) is 5.75 Å². The van der Waals surface area contributed by atoms with E-state index < -0.39 is 34.6 Å². The Morgan fingerprint density at radius 3 is 2.73 bits per heavy atom. The molecular weight excluding hydrogens is 294 g/mol. The highest BCUT2D eigenvalue weighted by Gasteiger charge is 2.39. The van der Waals surface area contributed by atoms with Gasteiger partial charge in [-0.05, 0) is 5.56 Å². The molecule has 22 heavy (non-hydrogen) atoms. The molecule has 9 heteroatoms. The molecule has 116 valence electrons. The molecular formula is C13H12N3O6-. The Hall–Kier alpha value is -3.10. The van der Waals surface area contributed by atoms with Crippen molar-refractivity contribution in [3.05, 3.63) is 46.2 Å². The minimum absolute atomic E-state index is 0.0477. The first-order valence-electron chi connectivity index (χ1n) is 6.14. The summed E-state index contributed by atoms with van der Waals surface area (Å²) in [5.41, 5.74) is -0.358. The predicted octanol–water partition coefficient (Wildman–Crippen LogP) is 0.325. The van der Waals surface area contributed by atoms with Gasteiger partial charge >= 0.3 is 12.0 Å². The van der Waals surface area contributed by atoms with Gasteiger partial charge in [0.1, 0.15) is 5.92 Å². The molecule has 2 rings (SSSR count). The van der Waals surface area contributed by atoms with Gasteiger partial charge in [-0.3, -0.25) is 14.9 Å². The molecule has 1 fully saturated rings. The van der Waals surface area contributed by atoms with Crippen LogP contribution in [0.1, 0.15) is 11.6 Å². The minimum atomic E-state index is -1.10. The molecule has 0 aliphatic carbocycles. The number of carbonyl (C=O) groups is 2. The van der Waals surface area contributed by atoms with Crippen LogP contribution in [0.5, 0.6) is 5.75 Å². The Morgan fingerprint density at radius 2 is 2.14 bits per heavy atom. The number of carbonyl (C=O) groups excluding carboxylic acids is 2. The van der Waals surface area contributed by atoms with Crippen LogP contribution in [-0.4, -0.2) is 24.0 Å². The second kappa shape index (κ2) is 5.72. The lowest BCUT2D eigenvalue weighted by molar-refractivity contribution is -0.385. The van der Waals surface area contributed by atoms with Crippen molar-refractivity contribution in [1.29, 1.82) is 0 Å². The molecule has 0 radical (unpaired) electrons. The van der Waals surface area contributed by atoms with Crippen LogP contribution < -0.4 is 15.7 Å². The molecule has 2 amide bonds. The van der Waals surface area contributed by atoms with Crippen molar-refractivity contribution in [2.75, 3.05) is 7.11 Å². The molecule has 0 aromatic heterocycles. The molecule has 1 aromatic rings. The van der Waals surface area contributed by atoms with E-state index in [1.165, 1.54) is 0 Å². The van der Waals surface area contributed by atoms with E-state index in [1.54, 1.807) is 0 Å². The highest BCUT2D eigenvalue weighted by atomic mass is 16.6. The normalized spacial score (nSPS) is 20.8. The number of urea groups is 1. The third kappa shape index (κ3) is 2.68. The number of nitrogens with one attached hydrogen (secondary N) is 2. The van der Waals surface area contributed by atoms with Gasteiger partial charge < -0.3 is 20.5 Å². The number of non-ortho nitro benzene ring substituents is 1. The van der Waals surface area contributed by atoms with Crippen LogP contribution in [-0.2, 0) is 9.53 Å². The van der Waals surface area contributed by atoms with Crippen LogP contribution >= 0.6 is 0 Å². The summed E-state index contributed by atoms with van der Waals surface area (Å²) in [6.45, 7) is 3.57. The molecule has 9 nitrogen and oxygen atoms in total. The zero-order valence-electron chi connectivity index (χ0n) is 11.5. The predicted molar refractivity (Wildman–Crippen MR) is 71.6 cm³/mol.